The van der Waals surface area contributed by atoms with Crippen LogP contribution in [0.15, 0.2) is 53.0 Å². The van der Waals surface area contributed by atoms with Crippen LogP contribution in [0.25, 0.3) is 0 Å². The van der Waals surface area contributed by atoms with Crippen LogP contribution in [0.3, 0.4) is 0 Å². The third-order valence-electron chi connectivity index (χ3n) is 3.53. The second-order valence-electron chi connectivity index (χ2n) is 5.19. The fourth-order valence-electron chi connectivity index (χ4n) is 2.30. The van der Waals surface area contributed by atoms with Gasteiger partial charge in [0.15, 0.2) is 0 Å². The maximum absolute atomic E-state index is 3.61. The Morgan fingerprint density at radius 2 is 1.75 bits per heavy atom. The molecule has 0 aromatic heterocycles. The molecule has 20 heavy (non-hydrogen) atoms. The van der Waals surface area contributed by atoms with E-state index in [-0.39, 0.29) is 6.04 Å². The van der Waals surface area contributed by atoms with Crippen LogP contribution >= 0.6 is 15.9 Å². The first-order chi connectivity index (χ1) is 9.70. The minimum Gasteiger partial charge on any atom is -0.378 e. The van der Waals surface area contributed by atoms with Crippen molar-refractivity contribution in [3.63, 3.8) is 0 Å². The lowest BCUT2D eigenvalue weighted by Crippen LogP contribution is -2.07. The number of hydrogen-bond acceptors (Lipinski definition) is 1. The van der Waals surface area contributed by atoms with Gasteiger partial charge in [0.2, 0.25) is 0 Å². The van der Waals surface area contributed by atoms with Crippen molar-refractivity contribution in [3.8, 4) is 0 Å². The summed E-state index contributed by atoms with van der Waals surface area (Å²) in [7, 11) is 0. The van der Waals surface area contributed by atoms with E-state index in [0.717, 1.165) is 4.47 Å². The number of anilines is 1. The highest BCUT2D eigenvalue weighted by atomic mass is 79.9. The number of nitrogens with one attached hydrogen (secondary N) is 1. The van der Waals surface area contributed by atoms with E-state index in [9.17, 15) is 0 Å². The molecule has 106 valence electrons. The van der Waals surface area contributed by atoms with Gasteiger partial charge in [0.1, 0.15) is 0 Å². The van der Waals surface area contributed by atoms with Crippen molar-refractivity contribution in [1.29, 1.82) is 0 Å². The minimum atomic E-state index is 0.284. The van der Waals surface area contributed by atoms with Gasteiger partial charge in [0.25, 0.3) is 0 Å². The van der Waals surface area contributed by atoms with Crippen LogP contribution < -0.4 is 5.32 Å². The topological polar surface area (TPSA) is 12.0 Å². The van der Waals surface area contributed by atoms with Crippen LogP contribution in [0.4, 0.5) is 5.69 Å². The summed E-state index contributed by atoms with van der Waals surface area (Å²) >= 11 is 3.61. The Morgan fingerprint density at radius 1 is 1.05 bits per heavy atom. The summed E-state index contributed by atoms with van der Waals surface area (Å²) in [5, 5.41) is 3.55. The SMILES string of the molecule is CCCCc1ccc(NC(C)c2ccccc2Br)cc1. The smallest absolute Gasteiger partial charge is 0.0496 e. The molecule has 1 nitrogen and oxygen atoms in total. The lowest BCUT2D eigenvalue weighted by Gasteiger charge is -2.17. The van der Waals surface area contributed by atoms with E-state index < -0.39 is 0 Å². The van der Waals surface area contributed by atoms with E-state index in [1.54, 1.807) is 0 Å². The largest absolute Gasteiger partial charge is 0.378 e. The first-order valence-electron chi connectivity index (χ1n) is 7.30. The predicted octanol–water partition coefficient (Wildman–Crippen LogP) is 5.96. The zero-order valence-corrected chi connectivity index (χ0v) is 13.8. The first kappa shape index (κ1) is 15.1. The lowest BCUT2D eigenvalue weighted by atomic mass is 10.1. The fourth-order valence-corrected chi connectivity index (χ4v) is 2.93. The molecule has 0 spiro atoms. The molecular weight excluding hydrogens is 310 g/mol. The third kappa shape index (κ3) is 4.11. The molecule has 2 aromatic carbocycles. The van der Waals surface area contributed by atoms with Crippen molar-refractivity contribution in [2.75, 3.05) is 5.32 Å². The van der Waals surface area contributed by atoms with Gasteiger partial charge < -0.3 is 5.32 Å². The maximum atomic E-state index is 3.61. The standard InChI is InChI=1S/C18H22BrN/c1-3-4-7-15-10-12-16(13-11-15)20-14(2)17-8-5-6-9-18(17)19/h5-6,8-14,20H,3-4,7H2,1-2H3. The van der Waals surface area contributed by atoms with Crippen molar-refractivity contribution in [1.82, 2.24) is 0 Å². The van der Waals surface area contributed by atoms with E-state index in [4.69, 9.17) is 0 Å². The van der Waals surface area contributed by atoms with Crippen LogP contribution in [0.2, 0.25) is 0 Å². The van der Waals surface area contributed by atoms with E-state index in [2.05, 4.69) is 77.6 Å². The average molecular weight is 332 g/mol. The van der Waals surface area contributed by atoms with Crippen LogP contribution in [0.5, 0.6) is 0 Å². The summed E-state index contributed by atoms with van der Waals surface area (Å²) in [6.45, 7) is 4.42. The van der Waals surface area contributed by atoms with Crippen molar-refractivity contribution in [2.24, 2.45) is 0 Å². The maximum Gasteiger partial charge on any atom is 0.0496 e. The molecule has 0 heterocycles. The summed E-state index contributed by atoms with van der Waals surface area (Å²) < 4.78 is 1.15. The lowest BCUT2D eigenvalue weighted by molar-refractivity contribution is 0.795. The quantitative estimate of drug-likeness (QED) is 0.688. The van der Waals surface area contributed by atoms with Gasteiger partial charge in [-0.3, -0.25) is 0 Å². The monoisotopic (exact) mass is 331 g/mol. The van der Waals surface area contributed by atoms with Crippen molar-refractivity contribution in [3.05, 3.63) is 64.1 Å². The minimum absolute atomic E-state index is 0.284. The Labute approximate surface area is 130 Å². The number of aryl methyl sites for hydroxylation is 1. The summed E-state index contributed by atoms with van der Waals surface area (Å²) in [4.78, 5) is 0. The van der Waals surface area contributed by atoms with Gasteiger partial charge in [-0.25, -0.2) is 0 Å². The number of rotatable bonds is 6. The molecule has 0 bridgehead atoms. The molecule has 2 rings (SSSR count). The van der Waals surface area contributed by atoms with Gasteiger partial charge in [-0.15, -0.1) is 0 Å². The van der Waals surface area contributed by atoms with Gasteiger partial charge in [-0.05, 0) is 49.1 Å². The Bertz CT molecular complexity index is 533. The molecule has 0 saturated heterocycles. The molecule has 0 aliphatic heterocycles. The van der Waals surface area contributed by atoms with Gasteiger partial charge in [-0.2, -0.15) is 0 Å². The molecule has 0 saturated carbocycles. The summed E-state index contributed by atoms with van der Waals surface area (Å²) in [6.07, 6.45) is 3.69. The highest BCUT2D eigenvalue weighted by Gasteiger charge is 2.08. The zero-order valence-electron chi connectivity index (χ0n) is 12.2. The Balaban J connectivity index is 2.01. The van der Waals surface area contributed by atoms with Gasteiger partial charge in [0.05, 0.1) is 0 Å². The van der Waals surface area contributed by atoms with Crippen LogP contribution in [0, 0.1) is 0 Å². The average Bonchev–Trinajstić information content (AvgIpc) is 2.47. The second kappa shape index (κ2) is 7.49. The molecule has 0 aliphatic rings. The molecule has 0 amide bonds. The normalized spacial score (nSPS) is 12.2. The second-order valence-corrected chi connectivity index (χ2v) is 6.04. The summed E-state index contributed by atoms with van der Waals surface area (Å²) in [5.41, 5.74) is 3.88. The molecule has 1 unspecified atom stereocenters. The molecule has 0 radical (unpaired) electrons. The van der Waals surface area contributed by atoms with Gasteiger partial charge in [-0.1, -0.05) is 59.6 Å². The molecule has 2 aromatic rings. The fraction of sp³-hybridized carbons (Fsp3) is 0.333. The predicted molar refractivity (Wildman–Crippen MR) is 91.2 cm³/mol. The van der Waals surface area contributed by atoms with Gasteiger partial charge >= 0.3 is 0 Å². The highest BCUT2D eigenvalue weighted by molar-refractivity contribution is 9.10. The molecular formula is C18H22BrN. The van der Waals surface area contributed by atoms with Crippen molar-refractivity contribution >= 4 is 21.6 Å². The number of benzene rings is 2. The number of hydrogen-bond donors (Lipinski definition) is 1. The molecule has 0 fully saturated rings. The Kier molecular flexibility index (Phi) is 5.66. The molecule has 0 aliphatic carbocycles. The summed E-state index contributed by atoms with van der Waals surface area (Å²) in [5.74, 6) is 0. The van der Waals surface area contributed by atoms with E-state index in [1.165, 1.54) is 36.1 Å². The van der Waals surface area contributed by atoms with Crippen LogP contribution in [-0.4, -0.2) is 0 Å². The van der Waals surface area contributed by atoms with Gasteiger partial charge in [0, 0.05) is 16.2 Å². The van der Waals surface area contributed by atoms with E-state index in [1.807, 2.05) is 6.07 Å². The number of halogens is 1. The first-order valence-corrected chi connectivity index (χ1v) is 8.10. The number of unbranched alkanes of at least 4 members (excludes halogenated alkanes) is 1. The molecule has 2 heteroatoms. The van der Waals surface area contributed by atoms with Crippen molar-refractivity contribution in [2.45, 2.75) is 39.2 Å². The third-order valence-corrected chi connectivity index (χ3v) is 4.25. The van der Waals surface area contributed by atoms with E-state index >= 15 is 0 Å². The molecule has 1 N–H and O–H groups in total. The van der Waals surface area contributed by atoms with Crippen LogP contribution in [-0.2, 0) is 6.42 Å². The summed E-state index contributed by atoms with van der Waals surface area (Å²) in [6, 6.07) is 17.5. The molecule has 1 atom stereocenters. The van der Waals surface area contributed by atoms with Crippen molar-refractivity contribution < 1.29 is 0 Å². The highest BCUT2D eigenvalue weighted by Crippen LogP contribution is 2.26. The Hall–Kier alpha value is -1.28. The van der Waals surface area contributed by atoms with Crippen LogP contribution in [0.1, 0.15) is 43.9 Å². The zero-order chi connectivity index (χ0) is 14.4. The Morgan fingerprint density at radius 3 is 2.40 bits per heavy atom. The van der Waals surface area contributed by atoms with E-state index in [0.29, 0.717) is 0 Å².